The predicted octanol–water partition coefficient (Wildman–Crippen LogP) is 5.13. The van der Waals surface area contributed by atoms with Crippen LogP contribution >= 0.6 is 0 Å². The number of nitrogens with zero attached hydrogens (tertiary/aromatic N) is 1. The summed E-state index contributed by atoms with van der Waals surface area (Å²) in [5.41, 5.74) is 0.127. The van der Waals surface area contributed by atoms with E-state index < -0.39 is 46.4 Å². The summed E-state index contributed by atoms with van der Waals surface area (Å²) in [6.45, 7) is 5.03. The van der Waals surface area contributed by atoms with Crippen molar-refractivity contribution in [3.8, 4) is 5.75 Å². The Morgan fingerprint density at radius 1 is 0.933 bits per heavy atom. The first-order valence-corrected chi connectivity index (χ1v) is 8.59. The molecule has 1 heterocycles. The standard InChI is InChI=1S/C20H15F5N2O3/c1-8-4-9(2)6-11(5-8)29-7-12-10(3)30-27-18(12)20(28)26-19-16(24)14(22)13(21)15(23)17(19)25/h4-6H,7H2,1-3H3,(H,26,28). The van der Waals surface area contributed by atoms with Crippen LogP contribution in [0.3, 0.4) is 0 Å². The van der Waals surface area contributed by atoms with Crippen LogP contribution in [0.4, 0.5) is 27.6 Å². The Bertz CT molecular complexity index is 1090. The molecule has 1 N–H and O–H groups in total. The number of carbonyl (C=O) groups is 1. The summed E-state index contributed by atoms with van der Waals surface area (Å²) >= 11 is 0. The fourth-order valence-electron chi connectivity index (χ4n) is 2.80. The van der Waals surface area contributed by atoms with E-state index in [2.05, 4.69) is 5.16 Å². The van der Waals surface area contributed by atoms with E-state index in [0.29, 0.717) is 5.75 Å². The van der Waals surface area contributed by atoms with Crippen molar-refractivity contribution in [3.05, 3.63) is 75.4 Å². The first-order valence-electron chi connectivity index (χ1n) is 8.59. The van der Waals surface area contributed by atoms with Gasteiger partial charge in [-0.25, -0.2) is 22.0 Å². The van der Waals surface area contributed by atoms with Crippen LogP contribution in [-0.2, 0) is 6.61 Å². The smallest absolute Gasteiger partial charge is 0.278 e. The van der Waals surface area contributed by atoms with Crippen LogP contribution in [0.1, 0.15) is 32.9 Å². The molecule has 5 nitrogen and oxygen atoms in total. The normalized spacial score (nSPS) is 10.9. The summed E-state index contributed by atoms with van der Waals surface area (Å²) in [6, 6.07) is 5.44. The molecule has 0 aliphatic carbocycles. The molecule has 10 heteroatoms. The number of benzene rings is 2. The van der Waals surface area contributed by atoms with E-state index in [1.54, 1.807) is 17.4 Å². The first kappa shape index (κ1) is 21.3. The molecular weight excluding hydrogens is 411 g/mol. The molecule has 0 unspecified atom stereocenters. The summed E-state index contributed by atoms with van der Waals surface area (Å²) in [4.78, 5) is 12.4. The van der Waals surface area contributed by atoms with Crippen molar-refractivity contribution in [1.82, 2.24) is 5.16 Å². The lowest BCUT2D eigenvalue weighted by molar-refractivity contribution is 0.101. The molecule has 30 heavy (non-hydrogen) atoms. The van der Waals surface area contributed by atoms with Crippen LogP contribution < -0.4 is 10.1 Å². The molecule has 158 valence electrons. The number of rotatable bonds is 5. The van der Waals surface area contributed by atoms with E-state index in [-0.39, 0.29) is 17.9 Å². The number of halogens is 5. The Balaban J connectivity index is 1.87. The minimum atomic E-state index is -2.33. The van der Waals surface area contributed by atoms with Crippen molar-refractivity contribution >= 4 is 11.6 Å². The van der Waals surface area contributed by atoms with Crippen LogP contribution in [0.2, 0.25) is 0 Å². The van der Waals surface area contributed by atoms with Gasteiger partial charge in [0.15, 0.2) is 29.0 Å². The molecule has 0 spiro atoms. The number of carbonyl (C=O) groups excluding carboxylic acids is 1. The Labute approximate surface area is 167 Å². The van der Waals surface area contributed by atoms with Crippen molar-refractivity contribution in [2.24, 2.45) is 0 Å². The van der Waals surface area contributed by atoms with E-state index in [4.69, 9.17) is 9.26 Å². The lowest BCUT2D eigenvalue weighted by Crippen LogP contribution is -2.19. The number of aryl methyl sites for hydroxylation is 3. The molecule has 0 aliphatic rings. The minimum absolute atomic E-state index is 0.149. The lowest BCUT2D eigenvalue weighted by Gasteiger charge is -2.10. The van der Waals surface area contributed by atoms with Crippen molar-refractivity contribution in [1.29, 1.82) is 0 Å². The second kappa shape index (κ2) is 8.13. The van der Waals surface area contributed by atoms with Gasteiger partial charge in [0.25, 0.3) is 5.91 Å². The van der Waals surface area contributed by atoms with E-state index in [1.165, 1.54) is 6.92 Å². The van der Waals surface area contributed by atoms with E-state index in [1.807, 2.05) is 19.9 Å². The van der Waals surface area contributed by atoms with Crippen molar-refractivity contribution < 1.29 is 36.0 Å². The third kappa shape index (κ3) is 3.98. The molecular formula is C20H15F5N2O3. The number of anilines is 1. The quantitative estimate of drug-likeness (QED) is 0.349. The second-order valence-corrected chi connectivity index (χ2v) is 6.58. The summed E-state index contributed by atoms with van der Waals surface area (Å²) in [5, 5.41) is 5.17. The summed E-state index contributed by atoms with van der Waals surface area (Å²) in [6.07, 6.45) is 0. The van der Waals surface area contributed by atoms with Gasteiger partial charge in [-0.1, -0.05) is 11.2 Å². The second-order valence-electron chi connectivity index (χ2n) is 6.58. The highest BCUT2D eigenvalue weighted by molar-refractivity contribution is 6.04. The highest BCUT2D eigenvalue weighted by Gasteiger charge is 2.29. The molecule has 0 saturated carbocycles. The number of hydrogen-bond donors (Lipinski definition) is 1. The van der Waals surface area contributed by atoms with Gasteiger partial charge in [0.05, 0.1) is 5.56 Å². The molecule has 0 aliphatic heterocycles. The molecule has 2 aromatic carbocycles. The SMILES string of the molecule is Cc1cc(C)cc(OCc2c(C(=O)Nc3c(F)c(F)c(F)c(F)c3F)noc2C)c1. The topological polar surface area (TPSA) is 64.4 Å². The average molecular weight is 426 g/mol. The Hall–Kier alpha value is -3.43. The van der Waals surface area contributed by atoms with Gasteiger partial charge in [-0.3, -0.25) is 4.79 Å². The van der Waals surface area contributed by atoms with Crippen molar-refractivity contribution in [2.75, 3.05) is 5.32 Å². The maximum atomic E-state index is 13.8. The minimum Gasteiger partial charge on any atom is -0.489 e. The molecule has 0 fully saturated rings. The zero-order valence-corrected chi connectivity index (χ0v) is 16.0. The van der Waals surface area contributed by atoms with E-state index in [9.17, 15) is 26.7 Å². The predicted molar refractivity (Wildman–Crippen MR) is 95.7 cm³/mol. The molecule has 0 atom stereocenters. The summed E-state index contributed by atoms with van der Waals surface area (Å²) in [5.74, 6) is -11.6. The van der Waals surface area contributed by atoms with Crippen molar-refractivity contribution in [3.63, 3.8) is 0 Å². The number of amides is 1. The van der Waals surface area contributed by atoms with Crippen LogP contribution in [0.15, 0.2) is 22.7 Å². The third-order valence-electron chi connectivity index (χ3n) is 4.23. The fourth-order valence-corrected chi connectivity index (χ4v) is 2.80. The summed E-state index contributed by atoms with van der Waals surface area (Å²) in [7, 11) is 0. The van der Waals surface area contributed by atoms with E-state index in [0.717, 1.165) is 11.1 Å². The molecule has 0 radical (unpaired) electrons. The molecule has 1 amide bonds. The first-order chi connectivity index (χ1) is 14.1. The number of ether oxygens (including phenoxy) is 1. The number of hydrogen-bond acceptors (Lipinski definition) is 4. The van der Waals surface area contributed by atoms with Crippen LogP contribution in [-0.4, -0.2) is 11.1 Å². The van der Waals surface area contributed by atoms with Crippen molar-refractivity contribution in [2.45, 2.75) is 27.4 Å². The summed E-state index contributed by atoms with van der Waals surface area (Å²) < 4.78 is 78.1. The number of nitrogens with one attached hydrogen (secondary N) is 1. The largest absolute Gasteiger partial charge is 0.489 e. The maximum absolute atomic E-state index is 13.8. The fraction of sp³-hybridized carbons (Fsp3) is 0.200. The number of aromatic nitrogens is 1. The average Bonchev–Trinajstić information content (AvgIpc) is 3.06. The van der Waals surface area contributed by atoms with Gasteiger partial charge in [0.1, 0.15) is 23.8 Å². The molecule has 0 bridgehead atoms. The van der Waals surface area contributed by atoms with E-state index >= 15 is 0 Å². The highest BCUT2D eigenvalue weighted by Crippen LogP contribution is 2.28. The Kier molecular flexibility index (Phi) is 5.77. The van der Waals surface area contributed by atoms with Gasteiger partial charge < -0.3 is 14.6 Å². The maximum Gasteiger partial charge on any atom is 0.278 e. The van der Waals surface area contributed by atoms with Crippen LogP contribution in [0, 0.1) is 49.9 Å². The van der Waals surface area contributed by atoms with Gasteiger partial charge in [-0.2, -0.15) is 0 Å². The lowest BCUT2D eigenvalue weighted by atomic mass is 10.1. The molecule has 0 saturated heterocycles. The molecule has 3 rings (SSSR count). The van der Waals surface area contributed by atoms with Gasteiger partial charge >= 0.3 is 0 Å². The zero-order valence-electron chi connectivity index (χ0n) is 16.0. The Morgan fingerprint density at radius 3 is 2.03 bits per heavy atom. The third-order valence-corrected chi connectivity index (χ3v) is 4.23. The van der Waals surface area contributed by atoms with Gasteiger partial charge in [-0.05, 0) is 44.0 Å². The highest BCUT2D eigenvalue weighted by atomic mass is 19.2. The van der Waals surface area contributed by atoms with Crippen LogP contribution in [0.5, 0.6) is 5.75 Å². The van der Waals surface area contributed by atoms with Gasteiger partial charge in [-0.15, -0.1) is 0 Å². The monoisotopic (exact) mass is 426 g/mol. The molecule has 3 aromatic rings. The van der Waals surface area contributed by atoms with Gasteiger partial charge in [0.2, 0.25) is 5.82 Å². The molecule has 1 aromatic heterocycles. The van der Waals surface area contributed by atoms with Gasteiger partial charge in [0, 0.05) is 0 Å². The Morgan fingerprint density at radius 2 is 1.47 bits per heavy atom. The van der Waals surface area contributed by atoms with Crippen LogP contribution in [0.25, 0.3) is 0 Å². The zero-order chi connectivity index (χ0) is 22.2.